The molecule has 6 heteroatoms. The molecule has 0 unspecified atom stereocenters. The number of benzene rings is 2. The topological polar surface area (TPSA) is 63.2 Å². The molecule has 3 rings (SSSR count). The number of carbonyl (C=O) groups excluding carboxylic acids is 1. The molecule has 0 bridgehead atoms. The van der Waals surface area contributed by atoms with Crippen molar-refractivity contribution < 1.29 is 28.5 Å². The van der Waals surface area contributed by atoms with E-state index in [1.54, 1.807) is 7.11 Å². The fourth-order valence-corrected chi connectivity index (χ4v) is 3.85. The zero-order chi connectivity index (χ0) is 23.6. The third-order valence-electron chi connectivity index (χ3n) is 6.01. The summed E-state index contributed by atoms with van der Waals surface area (Å²) in [4.78, 5) is 12.7. The number of hydrogen-bond donors (Lipinski definition) is 0. The highest BCUT2D eigenvalue weighted by Gasteiger charge is 2.48. The van der Waals surface area contributed by atoms with Crippen LogP contribution in [0.15, 0.2) is 60.7 Å². The van der Waals surface area contributed by atoms with Gasteiger partial charge in [0.1, 0.15) is 12.2 Å². The van der Waals surface area contributed by atoms with Gasteiger partial charge < -0.3 is 23.7 Å². The fraction of sp³-hybridized carbons (Fsp3) is 0.519. The third kappa shape index (κ3) is 7.37. The van der Waals surface area contributed by atoms with Gasteiger partial charge in [0.25, 0.3) is 0 Å². The molecule has 0 spiro atoms. The minimum Gasteiger partial charge on any atom is -0.457 e. The molecule has 0 radical (unpaired) electrons. The van der Waals surface area contributed by atoms with Crippen LogP contribution in [0, 0.1) is 5.92 Å². The van der Waals surface area contributed by atoms with Crippen molar-refractivity contribution in [3.05, 3.63) is 71.8 Å². The van der Waals surface area contributed by atoms with Gasteiger partial charge in [-0.1, -0.05) is 80.9 Å². The van der Waals surface area contributed by atoms with E-state index in [1.165, 1.54) is 0 Å². The van der Waals surface area contributed by atoms with Crippen LogP contribution in [-0.4, -0.2) is 43.8 Å². The van der Waals surface area contributed by atoms with E-state index in [2.05, 4.69) is 6.92 Å². The largest absolute Gasteiger partial charge is 0.457 e. The monoisotopic (exact) mass is 456 g/mol. The van der Waals surface area contributed by atoms with Gasteiger partial charge in [0, 0.05) is 13.5 Å². The van der Waals surface area contributed by atoms with Gasteiger partial charge in [-0.2, -0.15) is 0 Å². The van der Waals surface area contributed by atoms with Gasteiger partial charge in [0.2, 0.25) is 0 Å². The molecular weight excluding hydrogens is 420 g/mol. The van der Waals surface area contributed by atoms with E-state index >= 15 is 0 Å². The van der Waals surface area contributed by atoms with Gasteiger partial charge in [-0.25, -0.2) is 0 Å². The summed E-state index contributed by atoms with van der Waals surface area (Å²) in [6.07, 6.45) is -1.53. The highest BCUT2D eigenvalue weighted by molar-refractivity contribution is 5.70. The molecule has 1 fully saturated rings. The molecule has 6 nitrogen and oxygen atoms in total. The molecule has 180 valence electrons. The predicted molar refractivity (Wildman–Crippen MR) is 125 cm³/mol. The molecule has 6 atom stereocenters. The predicted octanol–water partition coefficient (Wildman–Crippen LogP) is 4.90. The van der Waals surface area contributed by atoms with E-state index in [0.29, 0.717) is 19.6 Å². The third-order valence-corrected chi connectivity index (χ3v) is 6.01. The number of hydrogen-bond acceptors (Lipinski definition) is 6. The van der Waals surface area contributed by atoms with Gasteiger partial charge in [0.05, 0.1) is 19.3 Å². The van der Waals surface area contributed by atoms with Gasteiger partial charge in [0.15, 0.2) is 12.4 Å². The SMILES string of the molecule is CC[C@H](C)CC(=O)O[C@H]1[C@H](OCc2ccccc2)[C@@H](OCc2ccccc2)[C@@H](OC)O[C@@H]1C. The lowest BCUT2D eigenvalue weighted by Crippen LogP contribution is -2.60. The number of ether oxygens (including phenoxy) is 5. The normalized spacial score (nSPS) is 26.0. The summed E-state index contributed by atoms with van der Waals surface area (Å²) in [7, 11) is 1.58. The van der Waals surface area contributed by atoms with Crippen LogP contribution in [0.1, 0.15) is 44.7 Å². The van der Waals surface area contributed by atoms with Crippen molar-refractivity contribution in [2.45, 2.75) is 77.5 Å². The summed E-state index contributed by atoms with van der Waals surface area (Å²) in [5.41, 5.74) is 2.05. The lowest BCUT2D eigenvalue weighted by molar-refractivity contribution is -0.309. The van der Waals surface area contributed by atoms with Crippen molar-refractivity contribution in [3.63, 3.8) is 0 Å². The van der Waals surface area contributed by atoms with Crippen LogP contribution in [0.2, 0.25) is 0 Å². The molecule has 2 aromatic rings. The lowest BCUT2D eigenvalue weighted by atomic mass is 9.98. The molecular formula is C27H36O6. The zero-order valence-electron chi connectivity index (χ0n) is 20.0. The highest BCUT2D eigenvalue weighted by atomic mass is 16.7. The Labute approximate surface area is 197 Å². The molecule has 0 N–H and O–H groups in total. The maximum absolute atomic E-state index is 12.7. The van der Waals surface area contributed by atoms with Crippen LogP contribution in [-0.2, 0) is 41.7 Å². The first kappa shape index (κ1) is 25.4. The average molecular weight is 457 g/mol. The van der Waals surface area contributed by atoms with Gasteiger partial charge in [-0.3, -0.25) is 4.79 Å². The van der Waals surface area contributed by atoms with Crippen LogP contribution in [0.25, 0.3) is 0 Å². The average Bonchev–Trinajstić information content (AvgIpc) is 2.84. The second kappa shape index (κ2) is 12.8. The number of methoxy groups -OCH3 is 1. The van der Waals surface area contributed by atoms with Gasteiger partial charge in [-0.05, 0) is 24.0 Å². The number of carbonyl (C=O) groups is 1. The Morgan fingerprint density at radius 2 is 1.45 bits per heavy atom. The Kier molecular flexibility index (Phi) is 9.88. The molecule has 0 saturated carbocycles. The minimum absolute atomic E-state index is 0.248. The summed E-state index contributed by atoms with van der Waals surface area (Å²) in [5.74, 6) is -0.00589. The number of rotatable bonds is 11. The van der Waals surface area contributed by atoms with Crippen molar-refractivity contribution in [1.82, 2.24) is 0 Å². The van der Waals surface area contributed by atoms with Crippen molar-refractivity contribution in [1.29, 1.82) is 0 Å². The molecule has 1 aliphatic heterocycles. The van der Waals surface area contributed by atoms with Crippen LogP contribution < -0.4 is 0 Å². The van der Waals surface area contributed by atoms with E-state index < -0.39 is 30.7 Å². The first-order chi connectivity index (χ1) is 16.0. The summed E-state index contributed by atoms with van der Waals surface area (Å²) in [6.45, 7) is 6.70. The molecule has 1 heterocycles. The first-order valence-electron chi connectivity index (χ1n) is 11.7. The van der Waals surface area contributed by atoms with Crippen LogP contribution in [0.3, 0.4) is 0 Å². The maximum Gasteiger partial charge on any atom is 0.306 e. The highest BCUT2D eigenvalue weighted by Crippen LogP contribution is 2.30. The Morgan fingerprint density at radius 3 is 1.97 bits per heavy atom. The standard InChI is InChI=1S/C27H36O6/c1-5-19(2)16-23(28)33-24-20(3)32-27(29-4)26(31-18-22-14-10-7-11-15-22)25(24)30-17-21-12-8-6-9-13-21/h6-15,19-20,24-27H,5,16-18H2,1-4H3/t19-,20+,24+,25-,26+,27-/m0/s1. The Morgan fingerprint density at radius 1 is 0.909 bits per heavy atom. The smallest absolute Gasteiger partial charge is 0.306 e. The van der Waals surface area contributed by atoms with E-state index in [0.717, 1.165) is 17.5 Å². The Bertz CT molecular complexity index is 827. The zero-order valence-corrected chi connectivity index (χ0v) is 20.0. The molecule has 0 aliphatic carbocycles. The van der Waals surface area contributed by atoms with Crippen molar-refractivity contribution in [2.75, 3.05) is 7.11 Å². The van der Waals surface area contributed by atoms with Gasteiger partial charge >= 0.3 is 5.97 Å². The molecule has 2 aromatic carbocycles. The molecule has 33 heavy (non-hydrogen) atoms. The van der Waals surface area contributed by atoms with Crippen LogP contribution in [0.5, 0.6) is 0 Å². The van der Waals surface area contributed by atoms with Crippen molar-refractivity contribution in [2.24, 2.45) is 5.92 Å². The fourth-order valence-electron chi connectivity index (χ4n) is 3.85. The summed E-state index contributed by atoms with van der Waals surface area (Å²) >= 11 is 0. The van der Waals surface area contributed by atoms with Crippen molar-refractivity contribution in [3.8, 4) is 0 Å². The maximum atomic E-state index is 12.7. The molecule has 0 amide bonds. The minimum atomic E-state index is -0.644. The summed E-state index contributed by atoms with van der Waals surface area (Å²) < 4.78 is 30.2. The van der Waals surface area contributed by atoms with E-state index in [9.17, 15) is 4.79 Å². The Hall–Kier alpha value is -2.25. The van der Waals surface area contributed by atoms with Gasteiger partial charge in [-0.15, -0.1) is 0 Å². The van der Waals surface area contributed by atoms with E-state index in [-0.39, 0.29) is 11.9 Å². The van der Waals surface area contributed by atoms with E-state index in [4.69, 9.17) is 23.7 Å². The van der Waals surface area contributed by atoms with Crippen LogP contribution >= 0.6 is 0 Å². The first-order valence-corrected chi connectivity index (χ1v) is 11.7. The second-order valence-corrected chi connectivity index (χ2v) is 8.64. The number of esters is 1. The molecule has 1 saturated heterocycles. The summed E-state index contributed by atoms with van der Waals surface area (Å²) in [6, 6.07) is 19.8. The van der Waals surface area contributed by atoms with Crippen LogP contribution in [0.4, 0.5) is 0 Å². The quantitative estimate of drug-likeness (QED) is 0.449. The van der Waals surface area contributed by atoms with E-state index in [1.807, 2.05) is 74.5 Å². The summed E-state index contributed by atoms with van der Waals surface area (Å²) in [5, 5.41) is 0. The molecule has 1 aliphatic rings. The Balaban J connectivity index is 1.80. The second-order valence-electron chi connectivity index (χ2n) is 8.64. The lowest BCUT2D eigenvalue weighted by Gasteiger charge is -2.44. The molecule has 0 aromatic heterocycles. The van der Waals surface area contributed by atoms with Crippen molar-refractivity contribution >= 4 is 5.97 Å².